The molecular formula is C21H24N4O2. The molecule has 3 aromatic rings. The monoisotopic (exact) mass is 364 g/mol. The van der Waals surface area contributed by atoms with Crippen molar-refractivity contribution in [2.24, 2.45) is 0 Å². The molecule has 0 saturated heterocycles. The third kappa shape index (κ3) is 4.73. The van der Waals surface area contributed by atoms with E-state index in [-0.39, 0.29) is 11.8 Å². The lowest BCUT2D eigenvalue weighted by atomic mass is 10.2. The minimum absolute atomic E-state index is 0.0429. The SMILES string of the molecule is CCn1c(CNC(=O)CCCNC(=O)c2ccccc2)nc2ccccc21. The molecule has 2 amide bonds. The molecule has 0 bridgehead atoms. The summed E-state index contributed by atoms with van der Waals surface area (Å²) >= 11 is 0. The Balaban J connectivity index is 1.43. The smallest absolute Gasteiger partial charge is 0.251 e. The number of nitrogens with zero attached hydrogens (tertiary/aromatic N) is 2. The molecule has 2 N–H and O–H groups in total. The van der Waals surface area contributed by atoms with Crippen LogP contribution in [0.1, 0.15) is 35.9 Å². The number of imidazole rings is 1. The molecule has 0 atom stereocenters. The maximum absolute atomic E-state index is 12.1. The summed E-state index contributed by atoms with van der Waals surface area (Å²) in [6, 6.07) is 17.0. The maximum Gasteiger partial charge on any atom is 0.251 e. The maximum atomic E-state index is 12.1. The van der Waals surface area contributed by atoms with Gasteiger partial charge in [-0.1, -0.05) is 30.3 Å². The van der Waals surface area contributed by atoms with Gasteiger partial charge in [-0.05, 0) is 37.6 Å². The third-order valence-corrected chi connectivity index (χ3v) is 4.40. The van der Waals surface area contributed by atoms with Crippen molar-refractivity contribution in [2.45, 2.75) is 32.9 Å². The average Bonchev–Trinajstić information content (AvgIpc) is 3.07. The third-order valence-electron chi connectivity index (χ3n) is 4.40. The second-order valence-electron chi connectivity index (χ2n) is 6.26. The van der Waals surface area contributed by atoms with Crippen LogP contribution in [0.15, 0.2) is 54.6 Å². The first-order chi connectivity index (χ1) is 13.2. The van der Waals surface area contributed by atoms with E-state index in [1.165, 1.54) is 0 Å². The molecule has 27 heavy (non-hydrogen) atoms. The van der Waals surface area contributed by atoms with Crippen molar-refractivity contribution >= 4 is 22.8 Å². The van der Waals surface area contributed by atoms with E-state index in [1.807, 2.05) is 42.5 Å². The molecule has 0 aliphatic carbocycles. The lowest BCUT2D eigenvalue weighted by Crippen LogP contribution is -2.28. The molecule has 1 heterocycles. The van der Waals surface area contributed by atoms with E-state index in [0.717, 1.165) is 23.4 Å². The van der Waals surface area contributed by atoms with Crippen molar-refractivity contribution in [3.8, 4) is 0 Å². The predicted octanol–water partition coefficient (Wildman–Crippen LogP) is 2.88. The minimum Gasteiger partial charge on any atom is -0.352 e. The molecule has 6 heteroatoms. The number of nitrogens with one attached hydrogen (secondary N) is 2. The Hall–Kier alpha value is -3.15. The number of fused-ring (bicyclic) bond motifs is 1. The molecule has 6 nitrogen and oxygen atoms in total. The van der Waals surface area contributed by atoms with E-state index in [9.17, 15) is 9.59 Å². The first kappa shape index (κ1) is 18.6. The second-order valence-corrected chi connectivity index (χ2v) is 6.26. The van der Waals surface area contributed by atoms with Crippen molar-refractivity contribution in [2.75, 3.05) is 6.54 Å². The first-order valence-corrected chi connectivity index (χ1v) is 9.23. The van der Waals surface area contributed by atoms with Crippen molar-refractivity contribution in [1.29, 1.82) is 0 Å². The molecule has 1 aromatic heterocycles. The summed E-state index contributed by atoms with van der Waals surface area (Å²) in [5, 5.41) is 5.75. The van der Waals surface area contributed by atoms with Gasteiger partial charge in [0, 0.05) is 25.1 Å². The molecule has 0 spiro atoms. The van der Waals surface area contributed by atoms with Gasteiger partial charge in [-0.15, -0.1) is 0 Å². The fraction of sp³-hybridized carbons (Fsp3) is 0.286. The molecular weight excluding hydrogens is 340 g/mol. The normalized spacial score (nSPS) is 10.7. The standard InChI is InChI=1S/C21H24N4O2/c1-2-25-18-12-7-6-11-17(18)24-19(25)15-23-20(26)13-8-14-22-21(27)16-9-4-3-5-10-16/h3-7,9-12H,2,8,13-15H2,1H3,(H,22,27)(H,23,26). The molecule has 0 radical (unpaired) electrons. The van der Waals surface area contributed by atoms with Crippen LogP contribution in [0.5, 0.6) is 0 Å². The van der Waals surface area contributed by atoms with E-state index < -0.39 is 0 Å². The topological polar surface area (TPSA) is 76.0 Å². The molecule has 140 valence electrons. The largest absolute Gasteiger partial charge is 0.352 e. The summed E-state index contributed by atoms with van der Waals surface area (Å²) in [5.74, 6) is 0.691. The Morgan fingerprint density at radius 1 is 1.00 bits per heavy atom. The van der Waals surface area contributed by atoms with Crippen molar-refractivity contribution in [3.63, 3.8) is 0 Å². The van der Waals surface area contributed by atoms with Gasteiger partial charge < -0.3 is 15.2 Å². The number of hydrogen-bond acceptors (Lipinski definition) is 3. The number of carbonyl (C=O) groups excluding carboxylic acids is 2. The number of aromatic nitrogens is 2. The molecule has 2 aromatic carbocycles. The Bertz CT molecular complexity index is 918. The quantitative estimate of drug-likeness (QED) is 0.604. The number of hydrogen-bond donors (Lipinski definition) is 2. The zero-order valence-electron chi connectivity index (χ0n) is 15.4. The molecule has 0 unspecified atom stereocenters. The second kappa shape index (κ2) is 8.98. The summed E-state index contributed by atoms with van der Waals surface area (Å²) in [7, 11) is 0. The van der Waals surface area contributed by atoms with E-state index in [1.54, 1.807) is 12.1 Å². The van der Waals surface area contributed by atoms with Gasteiger partial charge in [-0.3, -0.25) is 9.59 Å². The van der Waals surface area contributed by atoms with Gasteiger partial charge >= 0.3 is 0 Å². The van der Waals surface area contributed by atoms with Gasteiger partial charge in [-0.25, -0.2) is 4.98 Å². The summed E-state index contributed by atoms with van der Waals surface area (Å²) < 4.78 is 2.11. The first-order valence-electron chi connectivity index (χ1n) is 9.23. The zero-order chi connectivity index (χ0) is 19.1. The Morgan fingerprint density at radius 2 is 1.74 bits per heavy atom. The number of benzene rings is 2. The van der Waals surface area contributed by atoms with Gasteiger partial charge in [0.1, 0.15) is 5.82 Å². The molecule has 0 aliphatic heterocycles. The minimum atomic E-state index is -0.118. The summed E-state index contributed by atoms with van der Waals surface area (Å²) in [5.41, 5.74) is 2.64. The number of carbonyl (C=O) groups is 2. The van der Waals surface area contributed by atoms with E-state index >= 15 is 0 Å². The Morgan fingerprint density at radius 3 is 2.52 bits per heavy atom. The van der Waals surface area contributed by atoms with Gasteiger partial charge in [-0.2, -0.15) is 0 Å². The number of para-hydroxylation sites is 2. The van der Waals surface area contributed by atoms with E-state index in [4.69, 9.17) is 0 Å². The fourth-order valence-corrected chi connectivity index (χ4v) is 3.02. The molecule has 0 saturated carbocycles. The van der Waals surface area contributed by atoms with Crippen LogP contribution in [0.2, 0.25) is 0 Å². The van der Waals surface area contributed by atoms with Gasteiger partial charge in [0.15, 0.2) is 0 Å². The van der Waals surface area contributed by atoms with Crippen LogP contribution in [0.3, 0.4) is 0 Å². The van der Waals surface area contributed by atoms with Crippen molar-refractivity contribution in [1.82, 2.24) is 20.2 Å². The summed E-state index contributed by atoms with van der Waals surface area (Å²) in [4.78, 5) is 28.6. The van der Waals surface area contributed by atoms with Crippen molar-refractivity contribution < 1.29 is 9.59 Å². The highest BCUT2D eigenvalue weighted by atomic mass is 16.2. The molecule has 0 fully saturated rings. The van der Waals surface area contributed by atoms with Crippen LogP contribution in [0, 0.1) is 0 Å². The van der Waals surface area contributed by atoms with Crippen LogP contribution in [-0.4, -0.2) is 27.9 Å². The highest BCUT2D eigenvalue weighted by molar-refractivity contribution is 5.94. The predicted molar refractivity (Wildman–Crippen MR) is 105 cm³/mol. The zero-order valence-corrected chi connectivity index (χ0v) is 15.4. The van der Waals surface area contributed by atoms with Gasteiger partial charge in [0.2, 0.25) is 5.91 Å². The number of rotatable bonds is 8. The Labute approximate surface area is 158 Å². The summed E-state index contributed by atoms with van der Waals surface area (Å²) in [6.07, 6.45) is 0.954. The van der Waals surface area contributed by atoms with Gasteiger partial charge in [0.25, 0.3) is 5.91 Å². The fourth-order valence-electron chi connectivity index (χ4n) is 3.02. The summed E-state index contributed by atoms with van der Waals surface area (Å²) in [6.45, 7) is 3.73. The van der Waals surface area contributed by atoms with Gasteiger partial charge in [0.05, 0.1) is 17.6 Å². The lowest BCUT2D eigenvalue weighted by molar-refractivity contribution is -0.121. The van der Waals surface area contributed by atoms with Crippen LogP contribution in [-0.2, 0) is 17.9 Å². The van der Waals surface area contributed by atoms with Crippen LogP contribution >= 0.6 is 0 Å². The number of amides is 2. The molecule has 0 aliphatic rings. The van der Waals surface area contributed by atoms with Crippen LogP contribution in [0.25, 0.3) is 11.0 Å². The lowest BCUT2D eigenvalue weighted by Gasteiger charge is -2.08. The van der Waals surface area contributed by atoms with Crippen molar-refractivity contribution in [3.05, 3.63) is 66.0 Å². The highest BCUT2D eigenvalue weighted by Crippen LogP contribution is 2.15. The van der Waals surface area contributed by atoms with E-state index in [2.05, 4.69) is 27.1 Å². The number of aryl methyl sites for hydroxylation is 1. The molecule has 3 rings (SSSR count). The highest BCUT2D eigenvalue weighted by Gasteiger charge is 2.10. The van der Waals surface area contributed by atoms with Crippen LogP contribution < -0.4 is 10.6 Å². The Kier molecular flexibility index (Phi) is 6.20. The average molecular weight is 364 g/mol. The van der Waals surface area contributed by atoms with Crippen LogP contribution in [0.4, 0.5) is 0 Å². The van der Waals surface area contributed by atoms with E-state index in [0.29, 0.717) is 31.5 Å².